The third-order valence-electron chi connectivity index (χ3n) is 5.46. The molecule has 2 heterocycles. The summed E-state index contributed by atoms with van der Waals surface area (Å²) in [5.41, 5.74) is 3.41. The number of benzene rings is 1. The number of carbonyl (C=O) groups excluding carboxylic acids is 1. The van der Waals surface area contributed by atoms with Crippen LogP contribution in [0.2, 0.25) is 0 Å². The molecule has 0 saturated carbocycles. The molecule has 0 unspecified atom stereocenters. The monoisotopic (exact) mass is 425 g/mol. The molecule has 164 valence electrons. The van der Waals surface area contributed by atoms with E-state index in [1.165, 1.54) is 16.8 Å². The SMILES string of the molecule is Cc1nn(C)c(C)c1-c1ccc(=O)n(C[C@H](NC(=O)Cc2ccccc2F)C(C)C)n1. The summed E-state index contributed by atoms with van der Waals surface area (Å²) in [6, 6.07) is 9.04. The van der Waals surface area contributed by atoms with Crippen molar-refractivity contribution in [1.82, 2.24) is 24.9 Å². The average molecular weight is 426 g/mol. The van der Waals surface area contributed by atoms with Crippen LogP contribution in [-0.2, 0) is 24.8 Å². The molecule has 0 aliphatic carbocycles. The number of amides is 1. The van der Waals surface area contributed by atoms with Crippen molar-refractivity contribution in [2.24, 2.45) is 13.0 Å². The number of nitrogens with zero attached hydrogens (tertiary/aromatic N) is 4. The van der Waals surface area contributed by atoms with Gasteiger partial charge in [0.05, 0.1) is 30.4 Å². The Balaban J connectivity index is 1.82. The lowest BCUT2D eigenvalue weighted by Gasteiger charge is -2.23. The standard InChI is InChI=1S/C23H28FN5O2/c1-14(2)20(25-21(30)12-17-8-6-7-9-18(17)24)13-29-22(31)11-10-19(27-29)23-15(3)26-28(5)16(23)4/h6-11,14,20H,12-13H2,1-5H3,(H,25,30)/t20-/m0/s1. The van der Waals surface area contributed by atoms with Gasteiger partial charge in [0, 0.05) is 24.4 Å². The second-order valence-electron chi connectivity index (χ2n) is 8.09. The maximum absolute atomic E-state index is 13.9. The highest BCUT2D eigenvalue weighted by atomic mass is 19.1. The Labute approximate surface area is 180 Å². The van der Waals surface area contributed by atoms with Crippen LogP contribution < -0.4 is 10.9 Å². The van der Waals surface area contributed by atoms with E-state index in [4.69, 9.17) is 0 Å². The first kappa shape index (κ1) is 22.4. The zero-order valence-corrected chi connectivity index (χ0v) is 18.5. The van der Waals surface area contributed by atoms with Crippen molar-refractivity contribution < 1.29 is 9.18 Å². The van der Waals surface area contributed by atoms with E-state index in [-0.39, 0.29) is 36.4 Å². The topological polar surface area (TPSA) is 81.8 Å². The smallest absolute Gasteiger partial charge is 0.266 e. The van der Waals surface area contributed by atoms with E-state index >= 15 is 0 Å². The average Bonchev–Trinajstić information content (AvgIpc) is 2.96. The number of hydrogen-bond acceptors (Lipinski definition) is 4. The van der Waals surface area contributed by atoms with E-state index in [0.717, 1.165) is 17.0 Å². The molecule has 1 aromatic carbocycles. The number of rotatable bonds is 7. The van der Waals surface area contributed by atoms with E-state index in [1.54, 1.807) is 28.9 Å². The lowest BCUT2D eigenvalue weighted by atomic mass is 10.0. The molecule has 7 nitrogen and oxygen atoms in total. The summed E-state index contributed by atoms with van der Waals surface area (Å²) >= 11 is 0. The number of aromatic nitrogens is 4. The highest BCUT2D eigenvalue weighted by Gasteiger charge is 2.20. The minimum atomic E-state index is -0.411. The number of hydrogen-bond donors (Lipinski definition) is 1. The van der Waals surface area contributed by atoms with Gasteiger partial charge < -0.3 is 5.32 Å². The summed E-state index contributed by atoms with van der Waals surface area (Å²) in [6.45, 7) is 7.98. The van der Waals surface area contributed by atoms with E-state index in [2.05, 4.69) is 15.5 Å². The first-order chi connectivity index (χ1) is 14.7. The van der Waals surface area contributed by atoms with Gasteiger partial charge in [0.2, 0.25) is 5.91 Å². The molecule has 0 fully saturated rings. The van der Waals surface area contributed by atoms with Crippen LogP contribution in [0.1, 0.15) is 30.8 Å². The zero-order valence-electron chi connectivity index (χ0n) is 18.5. The summed E-state index contributed by atoms with van der Waals surface area (Å²) < 4.78 is 17.0. The van der Waals surface area contributed by atoms with Crippen molar-refractivity contribution in [3.8, 4) is 11.3 Å². The van der Waals surface area contributed by atoms with Crippen LogP contribution in [0.25, 0.3) is 11.3 Å². The maximum Gasteiger partial charge on any atom is 0.266 e. The highest BCUT2D eigenvalue weighted by Crippen LogP contribution is 2.23. The van der Waals surface area contributed by atoms with Gasteiger partial charge in [0.1, 0.15) is 5.82 Å². The normalized spacial score (nSPS) is 12.2. The van der Waals surface area contributed by atoms with Crippen molar-refractivity contribution >= 4 is 5.91 Å². The predicted octanol–water partition coefficient (Wildman–Crippen LogP) is 2.78. The van der Waals surface area contributed by atoms with Crippen LogP contribution in [0.3, 0.4) is 0 Å². The Morgan fingerprint density at radius 1 is 1.13 bits per heavy atom. The lowest BCUT2D eigenvalue weighted by Crippen LogP contribution is -2.44. The maximum atomic E-state index is 13.9. The van der Waals surface area contributed by atoms with Gasteiger partial charge in [-0.25, -0.2) is 9.07 Å². The minimum absolute atomic E-state index is 0.0452. The molecule has 3 aromatic rings. The van der Waals surface area contributed by atoms with Crippen LogP contribution in [0, 0.1) is 25.6 Å². The molecule has 0 spiro atoms. The number of aryl methyl sites for hydroxylation is 2. The van der Waals surface area contributed by atoms with E-state index in [9.17, 15) is 14.0 Å². The molecule has 0 aliphatic heterocycles. The Hall–Kier alpha value is -3.29. The molecule has 0 bridgehead atoms. The summed E-state index contributed by atoms with van der Waals surface area (Å²) in [4.78, 5) is 25.0. The third-order valence-corrected chi connectivity index (χ3v) is 5.46. The number of nitrogens with one attached hydrogen (secondary N) is 1. The van der Waals surface area contributed by atoms with Gasteiger partial charge in [-0.3, -0.25) is 14.3 Å². The van der Waals surface area contributed by atoms with Gasteiger partial charge >= 0.3 is 0 Å². The van der Waals surface area contributed by atoms with Gasteiger partial charge in [0.15, 0.2) is 0 Å². The second kappa shape index (κ2) is 9.24. The van der Waals surface area contributed by atoms with Gasteiger partial charge in [0.25, 0.3) is 5.56 Å². The molecule has 1 amide bonds. The van der Waals surface area contributed by atoms with Gasteiger partial charge in [-0.1, -0.05) is 32.0 Å². The zero-order chi connectivity index (χ0) is 22.7. The molecule has 1 atom stereocenters. The summed E-state index contributed by atoms with van der Waals surface area (Å²) in [7, 11) is 1.86. The quantitative estimate of drug-likeness (QED) is 0.631. The molecule has 8 heteroatoms. The first-order valence-corrected chi connectivity index (χ1v) is 10.3. The molecule has 1 N–H and O–H groups in total. The fraction of sp³-hybridized carbons (Fsp3) is 0.391. The highest BCUT2D eigenvalue weighted by molar-refractivity contribution is 5.78. The van der Waals surface area contributed by atoms with Gasteiger partial charge in [-0.15, -0.1) is 0 Å². The van der Waals surface area contributed by atoms with Crippen LogP contribution in [0.5, 0.6) is 0 Å². The molecule has 0 saturated heterocycles. The largest absolute Gasteiger partial charge is 0.351 e. The fourth-order valence-corrected chi connectivity index (χ4v) is 3.54. The van der Waals surface area contributed by atoms with E-state index in [0.29, 0.717) is 11.3 Å². The van der Waals surface area contributed by atoms with Crippen molar-refractivity contribution in [2.75, 3.05) is 0 Å². The molecule has 2 aromatic heterocycles. The van der Waals surface area contributed by atoms with Crippen LogP contribution in [0.4, 0.5) is 4.39 Å². The van der Waals surface area contributed by atoms with Crippen molar-refractivity contribution in [3.05, 3.63) is 69.5 Å². The fourth-order valence-electron chi connectivity index (χ4n) is 3.54. The summed E-state index contributed by atoms with van der Waals surface area (Å²) in [5, 5.41) is 11.9. The molecule has 3 rings (SSSR count). The van der Waals surface area contributed by atoms with Crippen molar-refractivity contribution in [3.63, 3.8) is 0 Å². The first-order valence-electron chi connectivity index (χ1n) is 10.3. The molecule has 0 aliphatic rings. The van der Waals surface area contributed by atoms with Crippen LogP contribution in [-0.4, -0.2) is 31.5 Å². The Morgan fingerprint density at radius 3 is 2.45 bits per heavy atom. The van der Waals surface area contributed by atoms with Crippen LogP contribution >= 0.6 is 0 Å². The van der Waals surface area contributed by atoms with Crippen molar-refractivity contribution in [2.45, 2.75) is 46.7 Å². The van der Waals surface area contributed by atoms with Crippen LogP contribution in [0.15, 0.2) is 41.2 Å². The number of carbonyl (C=O) groups is 1. The summed E-state index contributed by atoms with van der Waals surface area (Å²) in [6.07, 6.45) is -0.0632. The predicted molar refractivity (Wildman–Crippen MR) is 117 cm³/mol. The Bertz CT molecular complexity index is 1150. The molecular formula is C23H28FN5O2. The Morgan fingerprint density at radius 2 is 1.84 bits per heavy atom. The van der Waals surface area contributed by atoms with Gasteiger partial charge in [-0.05, 0) is 37.5 Å². The lowest BCUT2D eigenvalue weighted by molar-refractivity contribution is -0.121. The van der Waals surface area contributed by atoms with Crippen molar-refractivity contribution in [1.29, 1.82) is 0 Å². The number of halogens is 1. The minimum Gasteiger partial charge on any atom is -0.351 e. The van der Waals surface area contributed by atoms with E-state index < -0.39 is 5.82 Å². The van der Waals surface area contributed by atoms with E-state index in [1.807, 2.05) is 34.7 Å². The molecule has 31 heavy (non-hydrogen) atoms. The molecular weight excluding hydrogens is 397 g/mol. The third kappa shape index (κ3) is 5.07. The Kier molecular flexibility index (Phi) is 6.68. The molecule has 0 radical (unpaired) electrons. The second-order valence-corrected chi connectivity index (χ2v) is 8.09. The summed E-state index contributed by atoms with van der Waals surface area (Å²) in [5.74, 6) is -0.665. The van der Waals surface area contributed by atoms with Gasteiger partial charge in [-0.2, -0.15) is 10.2 Å².